The molecular weight excluding hydrogens is 304 g/mol. The molecule has 128 valence electrons. The average molecular weight is 328 g/mol. The number of hydrogen-bond acceptors (Lipinski definition) is 4. The molecule has 0 heterocycles. The summed E-state index contributed by atoms with van der Waals surface area (Å²) < 4.78 is 10.7. The number of benzene rings is 2. The van der Waals surface area contributed by atoms with E-state index in [2.05, 4.69) is 10.6 Å². The zero-order valence-corrected chi connectivity index (χ0v) is 14.1. The van der Waals surface area contributed by atoms with Gasteiger partial charge in [-0.2, -0.15) is 0 Å². The van der Waals surface area contributed by atoms with Crippen molar-refractivity contribution in [3.63, 3.8) is 0 Å². The van der Waals surface area contributed by atoms with Crippen molar-refractivity contribution in [3.8, 4) is 11.5 Å². The summed E-state index contributed by atoms with van der Waals surface area (Å²) in [7, 11) is 1.63. The van der Waals surface area contributed by atoms with Gasteiger partial charge in [0.1, 0.15) is 18.1 Å². The summed E-state index contributed by atoms with van der Waals surface area (Å²) in [6, 6.07) is 17.0. The summed E-state index contributed by atoms with van der Waals surface area (Å²) in [5, 5.41) is 6.16. The van der Waals surface area contributed by atoms with Gasteiger partial charge in [0.25, 0.3) is 0 Å². The van der Waals surface area contributed by atoms with Gasteiger partial charge >= 0.3 is 0 Å². The third-order valence-electron chi connectivity index (χ3n) is 3.47. The van der Waals surface area contributed by atoms with Crippen molar-refractivity contribution in [2.45, 2.75) is 19.4 Å². The standard InChI is InChI=1S/C19H24N2O3/c1-15(14-19(22)21-16-6-4-3-5-7-16)20-12-13-24-18-10-8-17(23-2)9-11-18/h3-11,15,20H,12-14H2,1-2H3,(H,21,22)/t15-/m0/s1. The van der Waals surface area contributed by atoms with Crippen LogP contribution in [-0.4, -0.2) is 32.2 Å². The van der Waals surface area contributed by atoms with Gasteiger partial charge in [-0.3, -0.25) is 4.79 Å². The Morgan fingerprint density at radius 3 is 2.38 bits per heavy atom. The highest BCUT2D eigenvalue weighted by Crippen LogP contribution is 2.16. The Bertz CT molecular complexity index is 614. The normalized spacial score (nSPS) is 11.6. The second-order valence-electron chi connectivity index (χ2n) is 5.50. The predicted molar refractivity (Wildman–Crippen MR) is 95.6 cm³/mol. The number of methoxy groups -OCH3 is 1. The molecule has 0 saturated carbocycles. The first-order valence-electron chi connectivity index (χ1n) is 8.02. The number of para-hydroxylation sites is 1. The lowest BCUT2D eigenvalue weighted by Gasteiger charge is -2.14. The maximum absolute atomic E-state index is 11.9. The maximum Gasteiger partial charge on any atom is 0.225 e. The van der Waals surface area contributed by atoms with Crippen LogP contribution in [0, 0.1) is 0 Å². The number of ether oxygens (including phenoxy) is 2. The van der Waals surface area contributed by atoms with E-state index in [0.29, 0.717) is 19.6 Å². The van der Waals surface area contributed by atoms with Crippen molar-refractivity contribution in [1.29, 1.82) is 0 Å². The molecule has 5 heteroatoms. The van der Waals surface area contributed by atoms with Gasteiger partial charge in [-0.1, -0.05) is 18.2 Å². The second-order valence-corrected chi connectivity index (χ2v) is 5.50. The molecule has 0 bridgehead atoms. The lowest BCUT2D eigenvalue weighted by atomic mass is 10.2. The van der Waals surface area contributed by atoms with Gasteiger partial charge in [0.05, 0.1) is 7.11 Å². The molecule has 1 amide bonds. The number of nitrogens with one attached hydrogen (secondary N) is 2. The van der Waals surface area contributed by atoms with Gasteiger partial charge in [-0.25, -0.2) is 0 Å². The van der Waals surface area contributed by atoms with Crippen molar-refractivity contribution in [1.82, 2.24) is 5.32 Å². The Balaban J connectivity index is 1.62. The quantitative estimate of drug-likeness (QED) is 0.695. The highest BCUT2D eigenvalue weighted by atomic mass is 16.5. The molecule has 0 aliphatic rings. The van der Waals surface area contributed by atoms with Gasteiger partial charge in [0, 0.05) is 24.7 Å². The zero-order chi connectivity index (χ0) is 17.2. The molecule has 0 fully saturated rings. The summed E-state index contributed by atoms with van der Waals surface area (Å²) in [6.45, 7) is 3.20. The van der Waals surface area contributed by atoms with E-state index in [4.69, 9.17) is 9.47 Å². The fourth-order valence-electron chi connectivity index (χ4n) is 2.23. The molecule has 2 aromatic carbocycles. The first-order chi connectivity index (χ1) is 11.7. The second kappa shape index (κ2) is 9.57. The molecule has 0 unspecified atom stereocenters. The van der Waals surface area contributed by atoms with E-state index < -0.39 is 0 Å². The number of anilines is 1. The Morgan fingerprint density at radius 2 is 1.71 bits per heavy atom. The SMILES string of the molecule is COc1ccc(OCCN[C@@H](C)CC(=O)Nc2ccccc2)cc1. The monoisotopic (exact) mass is 328 g/mol. The smallest absolute Gasteiger partial charge is 0.225 e. The molecule has 0 saturated heterocycles. The highest BCUT2D eigenvalue weighted by molar-refractivity contribution is 5.90. The minimum atomic E-state index is -0.00253. The van der Waals surface area contributed by atoms with Crippen LogP contribution >= 0.6 is 0 Å². The fraction of sp³-hybridized carbons (Fsp3) is 0.316. The molecule has 0 radical (unpaired) electrons. The number of hydrogen-bond donors (Lipinski definition) is 2. The molecule has 1 atom stereocenters. The van der Waals surface area contributed by atoms with Crippen LogP contribution in [0.5, 0.6) is 11.5 Å². The van der Waals surface area contributed by atoms with Gasteiger partial charge < -0.3 is 20.1 Å². The number of carbonyl (C=O) groups excluding carboxylic acids is 1. The minimum absolute atomic E-state index is 0.00253. The van der Waals surface area contributed by atoms with Gasteiger partial charge in [-0.15, -0.1) is 0 Å². The van der Waals surface area contributed by atoms with Gasteiger partial charge in [-0.05, 0) is 43.3 Å². The fourth-order valence-corrected chi connectivity index (χ4v) is 2.23. The van der Waals surface area contributed by atoms with Crippen molar-refractivity contribution >= 4 is 11.6 Å². The van der Waals surface area contributed by atoms with Gasteiger partial charge in [0.15, 0.2) is 0 Å². The Hall–Kier alpha value is -2.53. The van der Waals surface area contributed by atoms with Crippen molar-refractivity contribution in [3.05, 3.63) is 54.6 Å². The average Bonchev–Trinajstić information content (AvgIpc) is 2.60. The van der Waals surface area contributed by atoms with E-state index in [9.17, 15) is 4.79 Å². The number of rotatable bonds is 9. The molecule has 5 nitrogen and oxygen atoms in total. The lowest BCUT2D eigenvalue weighted by Crippen LogP contribution is -2.33. The van der Waals surface area contributed by atoms with Crippen LogP contribution in [0.4, 0.5) is 5.69 Å². The van der Waals surface area contributed by atoms with E-state index in [1.165, 1.54) is 0 Å². The van der Waals surface area contributed by atoms with E-state index in [1.54, 1.807) is 7.11 Å². The largest absolute Gasteiger partial charge is 0.497 e. The maximum atomic E-state index is 11.9. The highest BCUT2D eigenvalue weighted by Gasteiger charge is 2.08. The Labute approximate surface area is 143 Å². The van der Waals surface area contributed by atoms with Crippen LogP contribution in [0.2, 0.25) is 0 Å². The van der Waals surface area contributed by atoms with E-state index in [1.807, 2.05) is 61.5 Å². The molecule has 0 aliphatic carbocycles. The van der Waals surface area contributed by atoms with Gasteiger partial charge in [0.2, 0.25) is 5.91 Å². The predicted octanol–water partition coefficient (Wildman–Crippen LogP) is 3.08. The first-order valence-corrected chi connectivity index (χ1v) is 8.02. The van der Waals surface area contributed by atoms with E-state index in [-0.39, 0.29) is 11.9 Å². The first kappa shape index (κ1) is 17.8. The summed E-state index contributed by atoms with van der Waals surface area (Å²) in [5.41, 5.74) is 0.817. The van der Waals surface area contributed by atoms with Crippen molar-refractivity contribution < 1.29 is 14.3 Å². The van der Waals surface area contributed by atoms with E-state index >= 15 is 0 Å². The lowest BCUT2D eigenvalue weighted by molar-refractivity contribution is -0.116. The molecule has 0 aliphatic heterocycles. The third kappa shape index (κ3) is 6.30. The molecule has 0 aromatic heterocycles. The summed E-state index contributed by atoms with van der Waals surface area (Å²) >= 11 is 0. The third-order valence-corrected chi connectivity index (χ3v) is 3.47. The summed E-state index contributed by atoms with van der Waals surface area (Å²) in [6.07, 6.45) is 0.414. The molecular formula is C19H24N2O3. The molecule has 24 heavy (non-hydrogen) atoms. The molecule has 0 spiro atoms. The summed E-state index contributed by atoms with van der Waals surface area (Å²) in [5.74, 6) is 1.60. The minimum Gasteiger partial charge on any atom is -0.497 e. The van der Waals surface area contributed by atoms with Crippen molar-refractivity contribution in [2.24, 2.45) is 0 Å². The van der Waals surface area contributed by atoms with Crippen molar-refractivity contribution in [2.75, 3.05) is 25.6 Å². The van der Waals surface area contributed by atoms with Crippen LogP contribution in [0.25, 0.3) is 0 Å². The summed E-state index contributed by atoms with van der Waals surface area (Å²) in [4.78, 5) is 11.9. The van der Waals surface area contributed by atoms with Crippen LogP contribution in [0.3, 0.4) is 0 Å². The number of carbonyl (C=O) groups is 1. The van der Waals surface area contributed by atoms with Crippen LogP contribution < -0.4 is 20.1 Å². The topological polar surface area (TPSA) is 59.6 Å². The Morgan fingerprint density at radius 1 is 1.04 bits per heavy atom. The molecule has 2 N–H and O–H groups in total. The molecule has 2 aromatic rings. The molecule has 2 rings (SSSR count). The van der Waals surface area contributed by atoms with E-state index in [0.717, 1.165) is 17.2 Å². The Kier molecular flexibility index (Phi) is 7.11. The van der Waals surface area contributed by atoms with Crippen LogP contribution in [0.1, 0.15) is 13.3 Å². The zero-order valence-electron chi connectivity index (χ0n) is 14.1. The van der Waals surface area contributed by atoms with Crippen LogP contribution in [-0.2, 0) is 4.79 Å². The number of amides is 1. The van der Waals surface area contributed by atoms with Crippen LogP contribution in [0.15, 0.2) is 54.6 Å².